The first-order valence-corrected chi connectivity index (χ1v) is 24.8. The second-order valence-corrected chi connectivity index (χ2v) is 19.6. The molecule has 3 aromatic heterocycles. The van der Waals surface area contributed by atoms with Crippen molar-refractivity contribution < 1.29 is 18.0 Å². The van der Waals surface area contributed by atoms with E-state index in [0.29, 0.717) is 0 Å². The number of furan rings is 3. The van der Waals surface area contributed by atoms with Crippen molar-refractivity contribution in [3.8, 4) is 5.75 Å². The van der Waals surface area contributed by atoms with Gasteiger partial charge in [-0.25, -0.2) is 0 Å². The lowest BCUT2D eigenvalue weighted by atomic mass is 9.88. The van der Waals surface area contributed by atoms with E-state index in [1.54, 1.807) is 0 Å². The summed E-state index contributed by atoms with van der Waals surface area (Å²) in [6.07, 6.45) is 4.18. The van der Waals surface area contributed by atoms with Crippen molar-refractivity contribution in [3.63, 3.8) is 0 Å². The van der Waals surface area contributed by atoms with Crippen molar-refractivity contribution in [1.82, 2.24) is 0 Å². The molecule has 4 heterocycles. The Hall–Kier alpha value is -9.26. The fourth-order valence-electron chi connectivity index (χ4n) is 12.0. The minimum Gasteiger partial charge on any atom is -0.485 e. The lowest BCUT2D eigenvalue weighted by Crippen LogP contribution is -2.37. The van der Waals surface area contributed by atoms with Crippen LogP contribution in [0.1, 0.15) is 18.4 Å². The predicted octanol–water partition coefficient (Wildman–Crippen LogP) is 18.5. The summed E-state index contributed by atoms with van der Waals surface area (Å²) in [5.74, 6) is 0.983. The van der Waals surface area contributed by atoms with E-state index in [1.807, 2.05) is 0 Å². The summed E-state index contributed by atoms with van der Waals surface area (Å²) in [4.78, 5) is 4.74. The molecule has 16 rings (SSSR count). The van der Waals surface area contributed by atoms with Crippen LogP contribution in [-0.4, -0.2) is 12.1 Å². The third kappa shape index (κ3) is 6.09. The molecule has 0 saturated carbocycles. The van der Waals surface area contributed by atoms with Crippen molar-refractivity contribution >= 4 is 132 Å². The van der Waals surface area contributed by atoms with Crippen LogP contribution < -0.4 is 14.5 Å². The van der Waals surface area contributed by atoms with E-state index in [4.69, 9.17) is 18.0 Å². The average molecular weight is 927 g/mol. The molecule has 0 amide bonds. The van der Waals surface area contributed by atoms with Gasteiger partial charge in [0.05, 0.1) is 0 Å². The Kier molecular flexibility index (Phi) is 8.31. The standard InChI is InChI=1S/C66H42N2O4/c1-3-15-45(16-4-1)67(47-19-23-51-55-27-39-11-7-9-13-41(39)31-59(55)69-63(51)35-47)49-21-25-53-57-29-43-34-62-58(30-44(43)33-61(57)71-65(53)37-49)54-26-22-50(38-66(54)72-62)68(46-17-5-2-6-18-46)48-20-24-52-56-28-40-12-8-10-14-42(40)32-60(56)70-64(52)36-48/h1-19,21-35,37-38,48,64H,20,36H2. The van der Waals surface area contributed by atoms with Gasteiger partial charge in [0.1, 0.15) is 45.4 Å². The third-order valence-corrected chi connectivity index (χ3v) is 15.4. The van der Waals surface area contributed by atoms with E-state index in [9.17, 15) is 0 Å². The zero-order valence-electron chi connectivity index (χ0n) is 38.9. The Labute approximate surface area is 412 Å². The first-order valence-electron chi connectivity index (χ1n) is 24.8. The first kappa shape index (κ1) is 39.6. The SMILES string of the molecule is C1=C2c3cc4ccccc4cc3OC2CC(N(c2ccccc2)c2ccc3c(c2)oc2cc4cc5c(cc4cc23)oc2cc(N(c3ccccc3)c3ccc4c(c3)oc3cc6ccccc6cc34)ccc25)C1. The minimum absolute atomic E-state index is 0.000338. The van der Waals surface area contributed by atoms with Gasteiger partial charge >= 0.3 is 0 Å². The zero-order valence-corrected chi connectivity index (χ0v) is 38.9. The molecular weight excluding hydrogens is 885 g/mol. The highest BCUT2D eigenvalue weighted by Gasteiger charge is 2.37. The van der Waals surface area contributed by atoms with Gasteiger partial charge in [-0.05, 0) is 154 Å². The molecule has 2 atom stereocenters. The summed E-state index contributed by atoms with van der Waals surface area (Å²) in [7, 11) is 0. The van der Waals surface area contributed by atoms with Crippen LogP contribution in [-0.2, 0) is 0 Å². The van der Waals surface area contributed by atoms with E-state index in [-0.39, 0.29) is 12.1 Å². The lowest BCUT2D eigenvalue weighted by molar-refractivity contribution is 0.247. The molecule has 0 spiro atoms. The second-order valence-electron chi connectivity index (χ2n) is 19.6. The van der Waals surface area contributed by atoms with Crippen molar-refractivity contribution in [2.45, 2.75) is 25.0 Å². The molecule has 1 aliphatic heterocycles. The molecule has 0 saturated heterocycles. The van der Waals surface area contributed by atoms with Crippen molar-refractivity contribution in [1.29, 1.82) is 0 Å². The second kappa shape index (κ2) is 15.1. The van der Waals surface area contributed by atoms with Crippen LogP contribution in [0, 0.1) is 0 Å². The topological polar surface area (TPSA) is 55.1 Å². The minimum atomic E-state index is -0.000338. The van der Waals surface area contributed by atoms with E-state index >= 15 is 0 Å². The van der Waals surface area contributed by atoms with Crippen LogP contribution in [0.15, 0.2) is 232 Å². The fraction of sp³-hybridized carbons (Fsp3) is 0.0606. The molecule has 0 bridgehead atoms. The Bertz CT molecular complexity index is 4580. The van der Waals surface area contributed by atoms with E-state index in [0.717, 1.165) is 129 Å². The zero-order chi connectivity index (χ0) is 47.0. The number of para-hydroxylation sites is 2. The normalized spacial score (nSPS) is 15.6. The maximum Gasteiger partial charge on any atom is 0.137 e. The molecule has 6 nitrogen and oxygen atoms in total. The molecule has 0 N–H and O–H groups in total. The van der Waals surface area contributed by atoms with Crippen LogP contribution in [0.2, 0.25) is 0 Å². The summed E-state index contributed by atoms with van der Waals surface area (Å²) in [5.41, 5.74) is 12.9. The molecular formula is C66H42N2O4. The highest BCUT2D eigenvalue weighted by atomic mass is 16.5. The highest BCUT2D eigenvalue weighted by molar-refractivity contribution is 6.16. The van der Waals surface area contributed by atoms with Crippen molar-refractivity contribution in [2.24, 2.45) is 0 Å². The predicted molar refractivity (Wildman–Crippen MR) is 296 cm³/mol. The maximum atomic E-state index is 6.79. The van der Waals surface area contributed by atoms with E-state index in [2.05, 4.69) is 228 Å². The molecule has 6 heteroatoms. The molecule has 72 heavy (non-hydrogen) atoms. The van der Waals surface area contributed by atoms with Gasteiger partial charge in [0.15, 0.2) is 0 Å². The van der Waals surface area contributed by atoms with Crippen molar-refractivity contribution in [3.05, 3.63) is 224 Å². The number of rotatable bonds is 6. The van der Waals surface area contributed by atoms with Gasteiger partial charge in [0.25, 0.3) is 0 Å². The molecule has 11 aromatic carbocycles. The number of hydrogen-bond donors (Lipinski definition) is 0. The number of hydrogen-bond acceptors (Lipinski definition) is 6. The van der Waals surface area contributed by atoms with Crippen LogP contribution in [0.5, 0.6) is 5.75 Å². The largest absolute Gasteiger partial charge is 0.485 e. The molecule has 14 aromatic rings. The van der Waals surface area contributed by atoms with Crippen LogP contribution in [0.4, 0.5) is 28.4 Å². The Morgan fingerprint density at radius 2 is 0.792 bits per heavy atom. The first-order chi connectivity index (χ1) is 35.6. The van der Waals surface area contributed by atoms with Gasteiger partial charge in [-0.3, -0.25) is 0 Å². The van der Waals surface area contributed by atoms with Crippen LogP contribution >= 0.6 is 0 Å². The van der Waals surface area contributed by atoms with Gasteiger partial charge in [-0.15, -0.1) is 0 Å². The summed E-state index contributed by atoms with van der Waals surface area (Å²) >= 11 is 0. The molecule has 2 unspecified atom stereocenters. The van der Waals surface area contributed by atoms with E-state index < -0.39 is 0 Å². The van der Waals surface area contributed by atoms with Gasteiger partial charge in [-0.1, -0.05) is 91.0 Å². The highest BCUT2D eigenvalue weighted by Crippen LogP contribution is 2.48. The number of nitrogens with zero attached hydrogens (tertiary/aromatic N) is 2. The molecule has 2 aliphatic rings. The number of ether oxygens (including phenoxy) is 1. The third-order valence-electron chi connectivity index (χ3n) is 15.4. The molecule has 0 radical (unpaired) electrons. The van der Waals surface area contributed by atoms with Gasteiger partial charge < -0.3 is 27.8 Å². The average Bonchev–Trinajstić information content (AvgIpc) is 4.17. The molecule has 0 fully saturated rings. The summed E-state index contributed by atoms with van der Waals surface area (Å²) in [6.45, 7) is 0. The molecule has 1 aliphatic carbocycles. The number of fused-ring (bicyclic) bond motifs is 15. The summed E-state index contributed by atoms with van der Waals surface area (Å²) < 4.78 is 26.8. The summed E-state index contributed by atoms with van der Waals surface area (Å²) in [6, 6.07) is 75.8. The van der Waals surface area contributed by atoms with Crippen molar-refractivity contribution in [2.75, 3.05) is 9.80 Å². The summed E-state index contributed by atoms with van der Waals surface area (Å²) in [5, 5.41) is 13.5. The Balaban J connectivity index is 0.748. The Morgan fingerprint density at radius 3 is 1.38 bits per heavy atom. The Morgan fingerprint density at radius 1 is 0.347 bits per heavy atom. The van der Waals surface area contributed by atoms with Crippen LogP contribution in [0.3, 0.4) is 0 Å². The quantitative estimate of drug-likeness (QED) is 0.166. The van der Waals surface area contributed by atoms with E-state index in [1.165, 1.54) is 27.3 Å². The fourth-order valence-corrected chi connectivity index (χ4v) is 12.0. The maximum absolute atomic E-state index is 6.79. The number of anilines is 5. The van der Waals surface area contributed by atoms with Gasteiger partial charge in [0, 0.05) is 97.0 Å². The molecule has 340 valence electrons. The lowest BCUT2D eigenvalue weighted by Gasteiger charge is -2.37. The van der Waals surface area contributed by atoms with Gasteiger partial charge in [0.2, 0.25) is 0 Å². The number of benzene rings is 11. The smallest absolute Gasteiger partial charge is 0.137 e. The van der Waals surface area contributed by atoms with Crippen LogP contribution in [0.25, 0.3) is 104 Å². The van der Waals surface area contributed by atoms with Gasteiger partial charge in [-0.2, -0.15) is 0 Å². The monoisotopic (exact) mass is 926 g/mol.